The van der Waals surface area contributed by atoms with E-state index in [1.54, 1.807) is 24.5 Å². The predicted octanol–water partition coefficient (Wildman–Crippen LogP) is 2.48. The van der Waals surface area contributed by atoms with Crippen molar-refractivity contribution in [3.8, 4) is 0 Å². The van der Waals surface area contributed by atoms with Crippen LogP contribution in [0.2, 0.25) is 0 Å². The summed E-state index contributed by atoms with van der Waals surface area (Å²) >= 11 is 0. The van der Waals surface area contributed by atoms with Gasteiger partial charge in [0.05, 0.1) is 6.04 Å². The third kappa shape index (κ3) is 4.31. The molecule has 2 aromatic rings. The first-order chi connectivity index (χ1) is 13.2. The molecule has 1 saturated carbocycles. The van der Waals surface area contributed by atoms with Crippen molar-refractivity contribution in [2.45, 2.75) is 37.8 Å². The van der Waals surface area contributed by atoms with E-state index in [4.69, 9.17) is 4.74 Å². The number of amides is 2. The SMILES string of the molecule is O=C(N[C@H]1CCCO[C@@H]1c1ccncc1)c1ccnc(NC(=O)C2CC2)c1. The van der Waals surface area contributed by atoms with Gasteiger partial charge >= 0.3 is 0 Å². The van der Waals surface area contributed by atoms with E-state index in [1.165, 1.54) is 6.20 Å². The molecule has 7 nitrogen and oxygen atoms in total. The van der Waals surface area contributed by atoms with Gasteiger partial charge in [-0.2, -0.15) is 0 Å². The van der Waals surface area contributed by atoms with Gasteiger partial charge in [-0.3, -0.25) is 14.6 Å². The predicted molar refractivity (Wildman–Crippen MR) is 99.0 cm³/mol. The Morgan fingerprint density at radius 3 is 2.67 bits per heavy atom. The molecule has 1 saturated heterocycles. The number of carbonyl (C=O) groups is 2. The van der Waals surface area contributed by atoms with Crippen LogP contribution in [0.4, 0.5) is 5.82 Å². The highest BCUT2D eigenvalue weighted by Gasteiger charge is 2.31. The highest BCUT2D eigenvalue weighted by atomic mass is 16.5. The lowest BCUT2D eigenvalue weighted by Gasteiger charge is -2.32. The lowest BCUT2D eigenvalue weighted by Crippen LogP contribution is -2.42. The second kappa shape index (κ2) is 7.84. The van der Waals surface area contributed by atoms with Gasteiger partial charge in [0.15, 0.2) is 0 Å². The Balaban J connectivity index is 1.45. The van der Waals surface area contributed by atoms with Crippen molar-refractivity contribution in [2.75, 3.05) is 11.9 Å². The molecule has 140 valence electrons. The molecular weight excluding hydrogens is 344 g/mol. The Morgan fingerprint density at radius 1 is 1.07 bits per heavy atom. The fourth-order valence-electron chi connectivity index (χ4n) is 3.28. The molecule has 3 heterocycles. The second-order valence-electron chi connectivity index (χ2n) is 6.99. The maximum atomic E-state index is 12.8. The fraction of sp³-hybridized carbons (Fsp3) is 0.400. The molecule has 0 spiro atoms. The number of nitrogens with one attached hydrogen (secondary N) is 2. The van der Waals surface area contributed by atoms with Crippen LogP contribution in [0.3, 0.4) is 0 Å². The van der Waals surface area contributed by atoms with Crippen LogP contribution in [0.15, 0.2) is 42.9 Å². The van der Waals surface area contributed by atoms with Crippen LogP contribution in [0, 0.1) is 5.92 Å². The minimum Gasteiger partial charge on any atom is -0.371 e. The van der Waals surface area contributed by atoms with E-state index in [9.17, 15) is 9.59 Å². The highest BCUT2D eigenvalue weighted by Crippen LogP contribution is 2.30. The molecule has 2 aromatic heterocycles. The van der Waals surface area contributed by atoms with E-state index in [0.29, 0.717) is 18.0 Å². The summed E-state index contributed by atoms with van der Waals surface area (Å²) in [5, 5.41) is 5.85. The zero-order chi connectivity index (χ0) is 18.6. The average Bonchev–Trinajstić information content (AvgIpc) is 3.55. The third-order valence-electron chi connectivity index (χ3n) is 4.89. The second-order valence-corrected chi connectivity index (χ2v) is 6.99. The molecular formula is C20H22N4O3. The molecule has 0 radical (unpaired) electrons. The van der Waals surface area contributed by atoms with Crippen LogP contribution in [0.5, 0.6) is 0 Å². The number of aromatic nitrogens is 2. The molecule has 27 heavy (non-hydrogen) atoms. The van der Waals surface area contributed by atoms with E-state index < -0.39 is 0 Å². The Morgan fingerprint density at radius 2 is 1.89 bits per heavy atom. The molecule has 4 rings (SSSR count). The summed E-state index contributed by atoms with van der Waals surface area (Å²) in [6.07, 6.45) is 8.37. The lowest BCUT2D eigenvalue weighted by atomic mass is 9.96. The van der Waals surface area contributed by atoms with Crippen molar-refractivity contribution >= 4 is 17.6 Å². The number of anilines is 1. The molecule has 2 N–H and O–H groups in total. The summed E-state index contributed by atoms with van der Waals surface area (Å²) in [5.41, 5.74) is 1.47. The summed E-state index contributed by atoms with van der Waals surface area (Å²) < 4.78 is 5.91. The largest absolute Gasteiger partial charge is 0.371 e. The summed E-state index contributed by atoms with van der Waals surface area (Å²) in [6.45, 7) is 0.673. The molecule has 2 atom stereocenters. The van der Waals surface area contributed by atoms with Crippen molar-refractivity contribution in [1.82, 2.24) is 15.3 Å². The molecule has 1 aliphatic carbocycles. The molecule has 0 unspecified atom stereocenters. The van der Waals surface area contributed by atoms with Crippen molar-refractivity contribution in [1.29, 1.82) is 0 Å². The van der Waals surface area contributed by atoms with Crippen LogP contribution in [-0.2, 0) is 9.53 Å². The highest BCUT2D eigenvalue weighted by molar-refractivity contribution is 5.97. The van der Waals surface area contributed by atoms with Crippen LogP contribution in [-0.4, -0.2) is 34.4 Å². The van der Waals surface area contributed by atoms with Gasteiger partial charge < -0.3 is 15.4 Å². The Kier molecular flexibility index (Phi) is 5.11. The monoisotopic (exact) mass is 366 g/mol. The number of hydrogen-bond donors (Lipinski definition) is 2. The minimum atomic E-state index is -0.200. The fourth-order valence-corrected chi connectivity index (χ4v) is 3.28. The van der Waals surface area contributed by atoms with Gasteiger partial charge in [0.1, 0.15) is 11.9 Å². The zero-order valence-corrected chi connectivity index (χ0v) is 14.9. The lowest BCUT2D eigenvalue weighted by molar-refractivity contribution is -0.117. The maximum Gasteiger partial charge on any atom is 0.251 e. The zero-order valence-electron chi connectivity index (χ0n) is 14.9. The third-order valence-corrected chi connectivity index (χ3v) is 4.89. The molecule has 2 amide bonds. The summed E-state index contributed by atoms with van der Waals surface area (Å²) in [5.74, 6) is 0.266. The number of nitrogens with zero attached hydrogens (tertiary/aromatic N) is 2. The van der Waals surface area contributed by atoms with Gasteiger partial charge in [-0.25, -0.2) is 4.98 Å². The van der Waals surface area contributed by atoms with Crippen molar-refractivity contribution in [2.24, 2.45) is 5.92 Å². The van der Waals surface area contributed by atoms with E-state index >= 15 is 0 Å². The summed E-state index contributed by atoms with van der Waals surface area (Å²) in [7, 11) is 0. The molecule has 2 fully saturated rings. The van der Waals surface area contributed by atoms with Gasteiger partial charge in [-0.15, -0.1) is 0 Å². The Bertz CT molecular complexity index is 823. The van der Waals surface area contributed by atoms with Crippen LogP contribution in [0.25, 0.3) is 0 Å². The summed E-state index contributed by atoms with van der Waals surface area (Å²) in [6, 6.07) is 6.96. The van der Waals surface area contributed by atoms with Gasteiger partial charge in [0.2, 0.25) is 5.91 Å². The number of pyridine rings is 2. The molecule has 2 aliphatic rings. The van der Waals surface area contributed by atoms with Gasteiger partial charge in [-0.1, -0.05) is 0 Å². The standard InChI is InChI=1S/C20H22N4O3/c25-19(14-3-4-14)24-17-12-15(7-10-22-17)20(26)23-16-2-1-11-27-18(16)13-5-8-21-9-6-13/h5-10,12,14,16,18H,1-4,11H2,(H,23,26)(H,22,24,25)/t16-,18+/m0/s1. The first-order valence-corrected chi connectivity index (χ1v) is 9.30. The number of carbonyl (C=O) groups excluding carboxylic acids is 2. The van der Waals surface area contributed by atoms with Crippen molar-refractivity contribution in [3.05, 3.63) is 54.0 Å². The van der Waals surface area contributed by atoms with E-state index in [0.717, 1.165) is 31.2 Å². The number of rotatable bonds is 5. The minimum absolute atomic E-state index is 0.0292. The Labute approximate surface area is 157 Å². The van der Waals surface area contributed by atoms with Crippen LogP contribution < -0.4 is 10.6 Å². The van der Waals surface area contributed by atoms with Crippen LogP contribution >= 0.6 is 0 Å². The van der Waals surface area contributed by atoms with Crippen LogP contribution in [0.1, 0.15) is 47.7 Å². The van der Waals surface area contributed by atoms with Gasteiger partial charge in [-0.05, 0) is 55.5 Å². The van der Waals surface area contributed by atoms with Crippen molar-refractivity contribution in [3.63, 3.8) is 0 Å². The van der Waals surface area contributed by atoms with Gasteiger partial charge in [0, 0.05) is 36.7 Å². The molecule has 7 heteroatoms. The summed E-state index contributed by atoms with van der Waals surface area (Å²) in [4.78, 5) is 32.8. The quantitative estimate of drug-likeness (QED) is 0.848. The molecule has 0 aromatic carbocycles. The number of hydrogen-bond acceptors (Lipinski definition) is 5. The first-order valence-electron chi connectivity index (χ1n) is 9.30. The molecule has 0 bridgehead atoms. The Hall–Kier alpha value is -2.80. The number of ether oxygens (including phenoxy) is 1. The molecule has 1 aliphatic heterocycles. The van der Waals surface area contributed by atoms with E-state index in [1.807, 2.05) is 12.1 Å². The smallest absolute Gasteiger partial charge is 0.251 e. The van der Waals surface area contributed by atoms with Gasteiger partial charge in [0.25, 0.3) is 5.91 Å². The normalized spacial score (nSPS) is 22.1. The average molecular weight is 366 g/mol. The topological polar surface area (TPSA) is 93.2 Å². The maximum absolute atomic E-state index is 12.8. The first kappa shape index (κ1) is 17.6. The van der Waals surface area contributed by atoms with Crippen molar-refractivity contribution < 1.29 is 14.3 Å². The van der Waals surface area contributed by atoms with E-state index in [-0.39, 0.29) is 29.9 Å². The van der Waals surface area contributed by atoms with E-state index in [2.05, 4.69) is 20.6 Å².